The van der Waals surface area contributed by atoms with Crippen LogP contribution in [0.2, 0.25) is 0 Å². The standard InChI is InChI=1S/C19H23N3O2/c20-18-3-1-2-17(12-18)19(23)21-13-15-4-6-16(7-5-15)14-22-8-10-24-11-9-22/h1-7,12H,8-11,13-14,20H2,(H,21,23). The summed E-state index contributed by atoms with van der Waals surface area (Å²) in [7, 11) is 0. The van der Waals surface area contributed by atoms with E-state index in [-0.39, 0.29) is 5.91 Å². The number of nitrogens with one attached hydrogen (secondary N) is 1. The van der Waals surface area contributed by atoms with Gasteiger partial charge in [0.15, 0.2) is 0 Å². The van der Waals surface area contributed by atoms with E-state index in [0.29, 0.717) is 17.8 Å². The van der Waals surface area contributed by atoms with Crippen molar-refractivity contribution in [2.75, 3.05) is 32.0 Å². The number of ether oxygens (including phenoxy) is 1. The molecule has 0 radical (unpaired) electrons. The van der Waals surface area contributed by atoms with Crippen molar-refractivity contribution in [2.24, 2.45) is 0 Å². The fourth-order valence-electron chi connectivity index (χ4n) is 2.74. The van der Waals surface area contributed by atoms with E-state index < -0.39 is 0 Å². The first-order valence-corrected chi connectivity index (χ1v) is 8.22. The maximum Gasteiger partial charge on any atom is 0.251 e. The molecular formula is C19H23N3O2. The summed E-state index contributed by atoms with van der Waals surface area (Å²) in [5.41, 5.74) is 9.24. The third-order valence-corrected chi connectivity index (χ3v) is 4.13. The van der Waals surface area contributed by atoms with E-state index in [1.165, 1.54) is 5.56 Å². The van der Waals surface area contributed by atoms with E-state index in [4.69, 9.17) is 10.5 Å². The number of carbonyl (C=O) groups excluding carboxylic acids is 1. The topological polar surface area (TPSA) is 67.6 Å². The van der Waals surface area contributed by atoms with Crippen molar-refractivity contribution in [2.45, 2.75) is 13.1 Å². The Hall–Kier alpha value is -2.37. The van der Waals surface area contributed by atoms with Gasteiger partial charge in [-0.3, -0.25) is 9.69 Å². The van der Waals surface area contributed by atoms with Crippen LogP contribution in [0.25, 0.3) is 0 Å². The second-order valence-corrected chi connectivity index (χ2v) is 6.01. The van der Waals surface area contributed by atoms with Crippen molar-refractivity contribution >= 4 is 11.6 Å². The quantitative estimate of drug-likeness (QED) is 0.826. The molecule has 3 N–H and O–H groups in total. The normalized spacial score (nSPS) is 15.2. The van der Waals surface area contributed by atoms with Gasteiger partial charge in [-0.1, -0.05) is 30.3 Å². The number of hydrogen-bond donors (Lipinski definition) is 2. The second kappa shape index (κ2) is 7.95. The minimum Gasteiger partial charge on any atom is -0.399 e. The fraction of sp³-hybridized carbons (Fsp3) is 0.316. The SMILES string of the molecule is Nc1cccc(C(=O)NCc2ccc(CN3CCOCC3)cc2)c1. The highest BCUT2D eigenvalue weighted by atomic mass is 16.5. The van der Waals surface area contributed by atoms with Crippen LogP contribution in [-0.2, 0) is 17.8 Å². The summed E-state index contributed by atoms with van der Waals surface area (Å²) in [4.78, 5) is 14.5. The Balaban J connectivity index is 1.51. The molecule has 1 fully saturated rings. The number of carbonyl (C=O) groups is 1. The van der Waals surface area contributed by atoms with E-state index in [1.54, 1.807) is 24.3 Å². The van der Waals surface area contributed by atoms with Crippen molar-refractivity contribution in [1.29, 1.82) is 0 Å². The number of morpholine rings is 1. The summed E-state index contributed by atoms with van der Waals surface area (Å²) < 4.78 is 5.37. The molecular weight excluding hydrogens is 302 g/mol. The van der Waals surface area contributed by atoms with Crippen molar-refractivity contribution in [3.63, 3.8) is 0 Å². The maximum atomic E-state index is 12.1. The van der Waals surface area contributed by atoms with Gasteiger partial charge in [0.25, 0.3) is 5.91 Å². The molecule has 0 unspecified atom stereocenters. The van der Waals surface area contributed by atoms with Crippen LogP contribution in [0.3, 0.4) is 0 Å². The van der Waals surface area contributed by atoms with Crippen LogP contribution in [0.4, 0.5) is 5.69 Å². The lowest BCUT2D eigenvalue weighted by Crippen LogP contribution is -2.35. The Morgan fingerprint density at radius 3 is 2.50 bits per heavy atom. The Kier molecular flexibility index (Phi) is 5.46. The summed E-state index contributed by atoms with van der Waals surface area (Å²) in [5, 5.41) is 2.92. The summed E-state index contributed by atoms with van der Waals surface area (Å²) in [6.45, 7) is 5.04. The zero-order chi connectivity index (χ0) is 16.8. The van der Waals surface area contributed by atoms with Gasteiger partial charge in [0.2, 0.25) is 0 Å². The zero-order valence-electron chi connectivity index (χ0n) is 13.7. The maximum absolute atomic E-state index is 12.1. The molecule has 2 aromatic carbocycles. The van der Waals surface area contributed by atoms with Gasteiger partial charge >= 0.3 is 0 Å². The monoisotopic (exact) mass is 325 g/mol. The summed E-state index contributed by atoms with van der Waals surface area (Å²) >= 11 is 0. The Bertz CT molecular complexity index is 679. The van der Waals surface area contributed by atoms with Crippen LogP contribution in [0.1, 0.15) is 21.5 Å². The Labute approximate surface area is 142 Å². The van der Waals surface area contributed by atoms with Gasteiger partial charge in [-0.25, -0.2) is 0 Å². The molecule has 0 bridgehead atoms. The largest absolute Gasteiger partial charge is 0.399 e. The van der Waals surface area contributed by atoms with E-state index in [0.717, 1.165) is 38.4 Å². The minimum absolute atomic E-state index is 0.111. The molecule has 5 nitrogen and oxygen atoms in total. The lowest BCUT2D eigenvalue weighted by atomic mass is 10.1. The molecule has 1 aliphatic heterocycles. The third-order valence-electron chi connectivity index (χ3n) is 4.13. The van der Waals surface area contributed by atoms with Gasteiger partial charge < -0.3 is 15.8 Å². The van der Waals surface area contributed by atoms with Crippen LogP contribution in [-0.4, -0.2) is 37.1 Å². The fourth-order valence-corrected chi connectivity index (χ4v) is 2.74. The molecule has 0 spiro atoms. The average molecular weight is 325 g/mol. The molecule has 2 aromatic rings. The average Bonchev–Trinajstić information content (AvgIpc) is 2.62. The number of anilines is 1. The van der Waals surface area contributed by atoms with Crippen LogP contribution < -0.4 is 11.1 Å². The number of nitrogen functional groups attached to an aromatic ring is 1. The molecule has 0 saturated carbocycles. The van der Waals surface area contributed by atoms with Gasteiger partial charge in [-0.15, -0.1) is 0 Å². The highest BCUT2D eigenvalue weighted by molar-refractivity contribution is 5.94. The number of rotatable bonds is 5. The highest BCUT2D eigenvalue weighted by Crippen LogP contribution is 2.10. The van der Waals surface area contributed by atoms with E-state index >= 15 is 0 Å². The number of amides is 1. The smallest absolute Gasteiger partial charge is 0.251 e. The van der Waals surface area contributed by atoms with Crippen LogP contribution >= 0.6 is 0 Å². The third kappa shape index (κ3) is 4.57. The van der Waals surface area contributed by atoms with Crippen molar-refractivity contribution < 1.29 is 9.53 Å². The molecule has 1 heterocycles. The van der Waals surface area contributed by atoms with Gasteiger partial charge in [0.05, 0.1) is 13.2 Å². The zero-order valence-corrected chi connectivity index (χ0v) is 13.7. The molecule has 5 heteroatoms. The van der Waals surface area contributed by atoms with E-state index in [9.17, 15) is 4.79 Å². The molecule has 0 atom stereocenters. The molecule has 1 amide bonds. The first-order chi connectivity index (χ1) is 11.7. The summed E-state index contributed by atoms with van der Waals surface area (Å²) in [5.74, 6) is -0.111. The van der Waals surface area contributed by atoms with Gasteiger partial charge in [-0.05, 0) is 29.3 Å². The van der Waals surface area contributed by atoms with Crippen molar-refractivity contribution in [3.8, 4) is 0 Å². The number of nitrogens with two attached hydrogens (primary N) is 1. The number of nitrogens with zero attached hydrogens (tertiary/aromatic N) is 1. The molecule has 0 aliphatic carbocycles. The molecule has 24 heavy (non-hydrogen) atoms. The van der Waals surface area contributed by atoms with Gasteiger partial charge in [-0.2, -0.15) is 0 Å². The van der Waals surface area contributed by atoms with E-state index in [2.05, 4.69) is 34.5 Å². The molecule has 126 valence electrons. The first kappa shape index (κ1) is 16.5. The summed E-state index contributed by atoms with van der Waals surface area (Å²) in [6.07, 6.45) is 0. The number of hydrogen-bond acceptors (Lipinski definition) is 4. The first-order valence-electron chi connectivity index (χ1n) is 8.22. The lowest BCUT2D eigenvalue weighted by Gasteiger charge is -2.26. The van der Waals surface area contributed by atoms with E-state index in [1.807, 2.05) is 0 Å². The Morgan fingerprint density at radius 2 is 1.79 bits per heavy atom. The summed E-state index contributed by atoms with van der Waals surface area (Å²) in [6, 6.07) is 15.4. The molecule has 3 rings (SSSR count). The minimum atomic E-state index is -0.111. The molecule has 1 saturated heterocycles. The predicted octanol–water partition coefficient (Wildman–Crippen LogP) is 2.03. The Morgan fingerprint density at radius 1 is 1.08 bits per heavy atom. The predicted molar refractivity (Wildman–Crippen MR) is 94.6 cm³/mol. The van der Waals surface area contributed by atoms with Crippen molar-refractivity contribution in [1.82, 2.24) is 10.2 Å². The second-order valence-electron chi connectivity index (χ2n) is 6.01. The van der Waals surface area contributed by atoms with Gasteiger partial charge in [0.1, 0.15) is 0 Å². The molecule has 1 aliphatic rings. The molecule has 0 aromatic heterocycles. The highest BCUT2D eigenvalue weighted by Gasteiger charge is 2.10. The lowest BCUT2D eigenvalue weighted by molar-refractivity contribution is 0.0342. The number of benzene rings is 2. The van der Waals surface area contributed by atoms with Crippen molar-refractivity contribution in [3.05, 3.63) is 65.2 Å². The van der Waals surface area contributed by atoms with Crippen LogP contribution in [0.15, 0.2) is 48.5 Å². The van der Waals surface area contributed by atoms with Gasteiger partial charge in [0, 0.05) is 37.4 Å². The van der Waals surface area contributed by atoms with Crippen LogP contribution in [0, 0.1) is 0 Å². The van der Waals surface area contributed by atoms with Crippen LogP contribution in [0.5, 0.6) is 0 Å².